The number of hydrogen-bond acceptors (Lipinski definition) is 3. The zero-order valence-corrected chi connectivity index (χ0v) is 11.9. The molecule has 0 aliphatic carbocycles. The Kier molecular flexibility index (Phi) is 4.14. The third-order valence-electron chi connectivity index (χ3n) is 2.37. The quantitative estimate of drug-likeness (QED) is 0.804. The van der Waals surface area contributed by atoms with Gasteiger partial charge in [-0.2, -0.15) is 4.98 Å². The van der Waals surface area contributed by atoms with E-state index in [0.717, 1.165) is 16.2 Å². The van der Waals surface area contributed by atoms with E-state index < -0.39 is 5.82 Å². The molecular formula is C12H10BrClFN3. The van der Waals surface area contributed by atoms with Crippen molar-refractivity contribution in [2.24, 2.45) is 0 Å². The summed E-state index contributed by atoms with van der Waals surface area (Å²) in [5.74, 6) is -0.299. The number of hydrogen-bond donors (Lipinski definition) is 0. The highest BCUT2D eigenvalue weighted by Gasteiger charge is 2.11. The van der Waals surface area contributed by atoms with E-state index in [2.05, 4.69) is 25.9 Å². The number of nitrogens with zero attached hydrogens (tertiary/aromatic N) is 3. The van der Waals surface area contributed by atoms with E-state index in [9.17, 15) is 4.39 Å². The standard InChI is InChI=1S/C12H10BrClFN3/c1-18(7-8-3-2-4-9(13)5-8)11-10(15)6-16-12(14)17-11/h2-6H,7H2,1H3. The molecule has 0 unspecified atom stereocenters. The molecule has 6 heteroatoms. The summed E-state index contributed by atoms with van der Waals surface area (Å²) in [6.07, 6.45) is 1.07. The molecule has 0 amide bonds. The number of rotatable bonds is 3. The van der Waals surface area contributed by atoms with Gasteiger partial charge in [0.05, 0.1) is 6.20 Å². The van der Waals surface area contributed by atoms with Crippen LogP contribution in [0.1, 0.15) is 5.56 Å². The van der Waals surface area contributed by atoms with Gasteiger partial charge in [-0.15, -0.1) is 0 Å². The number of benzene rings is 1. The van der Waals surface area contributed by atoms with Crippen molar-refractivity contribution >= 4 is 33.3 Å². The van der Waals surface area contributed by atoms with Gasteiger partial charge in [-0.3, -0.25) is 0 Å². The summed E-state index contributed by atoms with van der Waals surface area (Å²) in [7, 11) is 1.75. The Morgan fingerprint density at radius 1 is 1.44 bits per heavy atom. The normalized spacial score (nSPS) is 10.4. The van der Waals surface area contributed by atoms with Crippen LogP contribution in [-0.2, 0) is 6.54 Å². The van der Waals surface area contributed by atoms with Crippen molar-refractivity contribution in [2.45, 2.75) is 6.54 Å². The van der Waals surface area contributed by atoms with Crippen LogP contribution in [0.25, 0.3) is 0 Å². The van der Waals surface area contributed by atoms with Gasteiger partial charge in [0, 0.05) is 18.1 Å². The molecule has 0 saturated carbocycles. The summed E-state index contributed by atoms with van der Waals surface area (Å²) in [5.41, 5.74) is 1.04. The molecule has 1 aromatic carbocycles. The summed E-state index contributed by atoms with van der Waals surface area (Å²) in [5, 5.41) is 0.0347. The van der Waals surface area contributed by atoms with Crippen molar-refractivity contribution < 1.29 is 4.39 Å². The zero-order valence-electron chi connectivity index (χ0n) is 9.57. The highest BCUT2D eigenvalue weighted by molar-refractivity contribution is 9.10. The fraction of sp³-hybridized carbons (Fsp3) is 0.167. The van der Waals surface area contributed by atoms with E-state index in [-0.39, 0.29) is 11.1 Å². The molecule has 0 saturated heterocycles. The van der Waals surface area contributed by atoms with E-state index in [1.807, 2.05) is 24.3 Å². The Labute approximate surface area is 118 Å². The van der Waals surface area contributed by atoms with Gasteiger partial charge in [0.2, 0.25) is 5.28 Å². The lowest BCUT2D eigenvalue weighted by Crippen LogP contribution is -2.19. The molecule has 0 aliphatic rings. The maximum absolute atomic E-state index is 13.6. The van der Waals surface area contributed by atoms with Crippen LogP contribution >= 0.6 is 27.5 Å². The van der Waals surface area contributed by atoms with Gasteiger partial charge in [0.1, 0.15) is 0 Å². The molecule has 0 atom stereocenters. The lowest BCUT2D eigenvalue weighted by atomic mass is 10.2. The van der Waals surface area contributed by atoms with Gasteiger partial charge in [0.25, 0.3) is 0 Å². The maximum Gasteiger partial charge on any atom is 0.224 e. The van der Waals surface area contributed by atoms with Crippen LogP contribution in [0.4, 0.5) is 10.2 Å². The van der Waals surface area contributed by atoms with Gasteiger partial charge >= 0.3 is 0 Å². The monoisotopic (exact) mass is 329 g/mol. The first-order valence-electron chi connectivity index (χ1n) is 5.20. The average molecular weight is 331 g/mol. The van der Waals surface area contributed by atoms with Crippen molar-refractivity contribution in [1.82, 2.24) is 9.97 Å². The molecule has 18 heavy (non-hydrogen) atoms. The van der Waals surface area contributed by atoms with Crippen LogP contribution in [0.15, 0.2) is 34.9 Å². The van der Waals surface area contributed by atoms with Crippen LogP contribution < -0.4 is 4.90 Å². The molecule has 0 spiro atoms. The smallest absolute Gasteiger partial charge is 0.224 e. The topological polar surface area (TPSA) is 29.0 Å². The first-order chi connectivity index (χ1) is 8.56. The Morgan fingerprint density at radius 2 is 2.22 bits per heavy atom. The summed E-state index contributed by atoms with van der Waals surface area (Å²) in [6, 6.07) is 7.79. The molecule has 94 valence electrons. The number of halogens is 3. The molecule has 0 aliphatic heterocycles. The van der Waals surface area contributed by atoms with Crippen molar-refractivity contribution in [3.8, 4) is 0 Å². The second kappa shape index (κ2) is 5.63. The van der Waals surface area contributed by atoms with Gasteiger partial charge in [-0.1, -0.05) is 28.1 Å². The first-order valence-corrected chi connectivity index (χ1v) is 6.37. The lowest BCUT2D eigenvalue weighted by molar-refractivity contribution is 0.607. The highest BCUT2D eigenvalue weighted by Crippen LogP contribution is 2.19. The molecule has 3 nitrogen and oxygen atoms in total. The van der Waals surface area contributed by atoms with Crippen LogP contribution in [-0.4, -0.2) is 17.0 Å². The van der Waals surface area contributed by atoms with Gasteiger partial charge in [0.15, 0.2) is 11.6 Å². The van der Waals surface area contributed by atoms with Crippen LogP contribution in [0.2, 0.25) is 5.28 Å². The van der Waals surface area contributed by atoms with Crippen LogP contribution in [0.5, 0.6) is 0 Å². The molecule has 0 N–H and O–H groups in total. The summed E-state index contributed by atoms with van der Waals surface area (Å²) >= 11 is 9.06. The predicted molar refractivity (Wildman–Crippen MR) is 73.2 cm³/mol. The van der Waals surface area contributed by atoms with Crippen LogP contribution in [0.3, 0.4) is 0 Å². The Balaban J connectivity index is 2.21. The third-order valence-corrected chi connectivity index (χ3v) is 3.04. The molecule has 0 fully saturated rings. The SMILES string of the molecule is CN(Cc1cccc(Br)c1)c1nc(Cl)ncc1F. The van der Waals surface area contributed by atoms with Crippen molar-refractivity contribution in [2.75, 3.05) is 11.9 Å². The molecule has 0 radical (unpaired) electrons. The van der Waals surface area contributed by atoms with E-state index in [4.69, 9.17) is 11.6 Å². The lowest BCUT2D eigenvalue weighted by Gasteiger charge is -2.18. The summed E-state index contributed by atoms with van der Waals surface area (Å²) in [6.45, 7) is 0.531. The fourth-order valence-corrected chi connectivity index (χ4v) is 2.16. The molecule has 0 bridgehead atoms. The molecule has 1 aromatic heterocycles. The van der Waals surface area contributed by atoms with E-state index in [1.165, 1.54) is 0 Å². The zero-order chi connectivity index (χ0) is 13.1. The highest BCUT2D eigenvalue weighted by atomic mass is 79.9. The molecule has 2 aromatic rings. The minimum atomic E-state index is -0.489. The predicted octanol–water partition coefficient (Wildman–Crippen LogP) is 3.67. The molecule has 2 rings (SSSR count). The third kappa shape index (κ3) is 3.17. The Hall–Kier alpha value is -1.20. The van der Waals surface area contributed by atoms with Crippen molar-refractivity contribution in [3.63, 3.8) is 0 Å². The van der Waals surface area contributed by atoms with E-state index >= 15 is 0 Å². The van der Waals surface area contributed by atoms with E-state index in [1.54, 1.807) is 11.9 Å². The van der Waals surface area contributed by atoms with Gasteiger partial charge in [-0.05, 0) is 29.3 Å². The number of anilines is 1. The average Bonchev–Trinajstić information content (AvgIpc) is 2.32. The largest absolute Gasteiger partial charge is 0.353 e. The van der Waals surface area contributed by atoms with Crippen molar-refractivity contribution in [1.29, 1.82) is 0 Å². The Morgan fingerprint density at radius 3 is 2.94 bits per heavy atom. The molecular weight excluding hydrogens is 321 g/mol. The Bertz CT molecular complexity index is 565. The summed E-state index contributed by atoms with van der Waals surface area (Å²) in [4.78, 5) is 9.16. The van der Waals surface area contributed by atoms with Crippen molar-refractivity contribution in [3.05, 3.63) is 51.6 Å². The second-order valence-electron chi connectivity index (χ2n) is 3.80. The summed E-state index contributed by atoms with van der Waals surface area (Å²) < 4.78 is 14.5. The van der Waals surface area contributed by atoms with E-state index in [0.29, 0.717) is 6.54 Å². The molecule has 1 heterocycles. The van der Waals surface area contributed by atoms with Gasteiger partial charge in [-0.25, -0.2) is 9.37 Å². The number of aromatic nitrogens is 2. The second-order valence-corrected chi connectivity index (χ2v) is 5.05. The fourth-order valence-electron chi connectivity index (χ4n) is 1.59. The minimum Gasteiger partial charge on any atom is -0.353 e. The minimum absolute atomic E-state index is 0.0347. The van der Waals surface area contributed by atoms with Crippen LogP contribution in [0, 0.1) is 5.82 Å². The maximum atomic E-state index is 13.6. The van der Waals surface area contributed by atoms with Gasteiger partial charge < -0.3 is 4.90 Å². The first kappa shape index (κ1) is 13.2.